The molecular formula is C12H19N3O2. The fourth-order valence-electron chi connectivity index (χ4n) is 1.46. The summed E-state index contributed by atoms with van der Waals surface area (Å²) in [6, 6.07) is 5.66. The van der Waals surface area contributed by atoms with E-state index in [9.17, 15) is 4.79 Å². The molecule has 0 aromatic carbocycles. The van der Waals surface area contributed by atoms with Crippen molar-refractivity contribution < 1.29 is 9.53 Å². The molecule has 0 bridgehead atoms. The minimum absolute atomic E-state index is 0.0372. The summed E-state index contributed by atoms with van der Waals surface area (Å²) in [5.41, 5.74) is 6.26. The molecule has 5 nitrogen and oxygen atoms in total. The normalized spacial score (nSPS) is 10.2. The van der Waals surface area contributed by atoms with Gasteiger partial charge in [-0.1, -0.05) is 6.07 Å². The van der Waals surface area contributed by atoms with Crippen LogP contribution in [0.3, 0.4) is 0 Å². The lowest BCUT2D eigenvalue weighted by Gasteiger charge is -2.21. The first-order valence-corrected chi connectivity index (χ1v) is 5.64. The van der Waals surface area contributed by atoms with Gasteiger partial charge in [0.2, 0.25) is 5.91 Å². The number of nitrogens with two attached hydrogens (primary N) is 1. The third-order valence-electron chi connectivity index (χ3n) is 2.36. The molecule has 94 valence electrons. The van der Waals surface area contributed by atoms with Crippen molar-refractivity contribution in [2.75, 3.05) is 26.8 Å². The van der Waals surface area contributed by atoms with E-state index in [2.05, 4.69) is 4.98 Å². The fourth-order valence-corrected chi connectivity index (χ4v) is 1.46. The molecule has 0 aliphatic carbocycles. The summed E-state index contributed by atoms with van der Waals surface area (Å²) in [6.07, 6.45) is 2.08. The van der Waals surface area contributed by atoms with E-state index in [-0.39, 0.29) is 5.91 Å². The predicted octanol–water partition coefficient (Wildman–Crippen LogP) is 0.405. The van der Waals surface area contributed by atoms with Crippen LogP contribution in [0.4, 0.5) is 0 Å². The molecule has 0 saturated carbocycles. The Bertz CT molecular complexity index is 330. The Hall–Kier alpha value is -1.46. The molecule has 0 aliphatic rings. The van der Waals surface area contributed by atoms with Crippen LogP contribution < -0.4 is 5.73 Å². The molecule has 1 aromatic rings. The van der Waals surface area contributed by atoms with Gasteiger partial charge >= 0.3 is 0 Å². The van der Waals surface area contributed by atoms with Crippen LogP contribution in [0.2, 0.25) is 0 Å². The van der Waals surface area contributed by atoms with Crippen LogP contribution in [-0.4, -0.2) is 42.6 Å². The highest BCUT2D eigenvalue weighted by Crippen LogP contribution is 2.03. The van der Waals surface area contributed by atoms with Crippen molar-refractivity contribution in [2.45, 2.75) is 13.0 Å². The molecule has 0 fully saturated rings. The largest absolute Gasteiger partial charge is 0.383 e. The number of hydrogen-bond donors (Lipinski definition) is 1. The van der Waals surface area contributed by atoms with Crippen LogP contribution in [0.1, 0.15) is 12.1 Å². The van der Waals surface area contributed by atoms with Gasteiger partial charge in [-0.15, -0.1) is 0 Å². The Morgan fingerprint density at radius 2 is 2.35 bits per heavy atom. The Labute approximate surface area is 102 Å². The number of aromatic nitrogens is 1. The lowest BCUT2D eigenvalue weighted by molar-refractivity contribution is -0.132. The molecule has 0 aliphatic heterocycles. The van der Waals surface area contributed by atoms with Crippen LogP contribution in [-0.2, 0) is 16.1 Å². The van der Waals surface area contributed by atoms with Crippen LogP contribution in [0, 0.1) is 0 Å². The first-order chi connectivity index (χ1) is 8.27. The van der Waals surface area contributed by atoms with Gasteiger partial charge in [0.05, 0.1) is 18.8 Å². The van der Waals surface area contributed by atoms with E-state index in [1.165, 1.54) is 0 Å². The van der Waals surface area contributed by atoms with Crippen molar-refractivity contribution in [1.82, 2.24) is 9.88 Å². The number of rotatable bonds is 7. The number of carbonyl (C=O) groups excluding carboxylic acids is 1. The van der Waals surface area contributed by atoms with Crippen molar-refractivity contribution in [1.29, 1.82) is 0 Å². The molecule has 0 atom stereocenters. The summed E-state index contributed by atoms with van der Waals surface area (Å²) in [5.74, 6) is 0.0372. The average Bonchev–Trinajstić information content (AvgIpc) is 2.36. The molecular weight excluding hydrogens is 218 g/mol. The molecule has 0 saturated heterocycles. The number of amides is 1. The molecule has 0 spiro atoms. The lowest BCUT2D eigenvalue weighted by Crippen LogP contribution is -2.34. The number of hydrogen-bond acceptors (Lipinski definition) is 4. The average molecular weight is 237 g/mol. The van der Waals surface area contributed by atoms with Gasteiger partial charge in [-0.25, -0.2) is 0 Å². The third-order valence-corrected chi connectivity index (χ3v) is 2.36. The second-order valence-corrected chi connectivity index (χ2v) is 3.67. The van der Waals surface area contributed by atoms with Gasteiger partial charge in [-0.2, -0.15) is 0 Å². The first-order valence-electron chi connectivity index (χ1n) is 5.64. The van der Waals surface area contributed by atoms with E-state index in [4.69, 9.17) is 10.5 Å². The van der Waals surface area contributed by atoms with Gasteiger partial charge in [-0.05, 0) is 12.1 Å². The number of ether oxygens (including phenoxy) is 1. The summed E-state index contributed by atoms with van der Waals surface area (Å²) in [7, 11) is 1.62. The Morgan fingerprint density at radius 1 is 1.53 bits per heavy atom. The number of carbonyl (C=O) groups is 1. The highest BCUT2D eigenvalue weighted by Gasteiger charge is 2.13. The molecule has 1 heterocycles. The zero-order valence-electron chi connectivity index (χ0n) is 10.1. The standard InChI is InChI=1S/C12H19N3O2/c1-17-9-8-15(12(16)5-6-13)10-11-4-2-3-7-14-11/h2-4,7H,5-6,8-10,13H2,1H3. The third kappa shape index (κ3) is 4.93. The van der Waals surface area contributed by atoms with E-state index < -0.39 is 0 Å². The van der Waals surface area contributed by atoms with Crippen molar-refractivity contribution in [3.8, 4) is 0 Å². The molecule has 0 radical (unpaired) electrons. The molecule has 2 N–H and O–H groups in total. The molecule has 0 unspecified atom stereocenters. The zero-order valence-corrected chi connectivity index (χ0v) is 10.1. The highest BCUT2D eigenvalue weighted by atomic mass is 16.5. The van der Waals surface area contributed by atoms with Crippen LogP contribution in [0.5, 0.6) is 0 Å². The topological polar surface area (TPSA) is 68.5 Å². The maximum Gasteiger partial charge on any atom is 0.224 e. The minimum atomic E-state index is 0.0372. The Morgan fingerprint density at radius 3 is 2.94 bits per heavy atom. The molecule has 1 amide bonds. The number of methoxy groups -OCH3 is 1. The maximum absolute atomic E-state index is 11.8. The van der Waals surface area contributed by atoms with Crippen molar-refractivity contribution >= 4 is 5.91 Å². The second kappa shape index (κ2) is 7.76. The fraction of sp³-hybridized carbons (Fsp3) is 0.500. The van der Waals surface area contributed by atoms with E-state index >= 15 is 0 Å². The van der Waals surface area contributed by atoms with Gasteiger partial charge in [0.1, 0.15) is 0 Å². The van der Waals surface area contributed by atoms with E-state index in [1.54, 1.807) is 18.2 Å². The van der Waals surface area contributed by atoms with Crippen molar-refractivity contribution in [3.63, 3.8) is 0 Å². The van der Waals surface area contributed by atoms with E-state index in [1.807, 2.05) is 18.2 Å². The second-order valence-electron chi connectivity index (χ2n) is 3.67. The quantitative estimate of drug-likeness (QED) is 0.745. The Balaban J connectivity index is 2.59. The summed E-state index contributed by atoms with van der Waals surface area (Å²) in [4.78, 5) is 17.7. The van der Waals surface area contributed by atoms with Gasteiger partial charge in [0.15, 0.2) is 0 Å². The summed E-state index contributed by atoms with van der Waals surface area (Å²) in [5, 5.41) is 0. The first kappa shape index (κ1) is 13.6. The van der Waals surface area contributed by atoms with E-state index in [0.717, 1.165) is 5.69 Å². The van der Waals surface area contributed by atoms with Gasteiger partial charge in [0, 0.05) is 32.8 Å². The predicted molar refractivity (Wildman–Crippen MR) is 65.2 cm³/mol. The summed E-state index contributed by atoms with van der Waals surface area (Å²) >= 11 is 0. The van der Waals surface area contributed by atoms with Crippen LogP contribution in [0.15, 0.2) is 24.4 Å². The minimum Gasteiger partial charge on any atom is -0.383 e. The van der Waals surface area contributed by atoms with Gasteiger partial charge in [0.25, 0.3) is 0 Å². The zero-order chi connectivity index (χ0) is 12.5. The molecule has 5 heteroatoms. The van der Waals surface area contributed by atoms with E-state index in [0.29, 0.717) is 32.7 Å². The smallest absolute Gasteiger partial charge is 0.224 e. The number of pyridine rings is 1. The monoisotopic (exact) mass is 237 g/mol. The van der Waals surface area contributed by atoms with Gasteiger partial charge < -0.3 is 15.4 Å². The van der Waals surface area contributed by atoms with Gasteiger partial charge in [-0.3, -0.25) is 9.78 Å². The molecule has 17 heavy (non-hydrogen) atoms. The van der Waals surface area contributed by atoms with Crippen molar-refractivity contribution in [3.05, 3.63) is 30.1 Å². The lowest BCUT2D eigenvalue weighted by atomic mass is 10.3. The summed E-state index contributed by atoms with van der Waals surface area (Å²) < 4.78 is 4.99. The van der Waals surface area contributed by atoms with Crippen molar-refractivity contribution in [2.24, 2.45) is 5.73 Å². The Kier molecular flexibility index (Phi) is 6.21. The highest BCUT2D eigenvalue weighted by molar-refractivity contribution is 5.76. The molecule has 1 rings (SSSR count). The maximum atomic E-state index is 11.8. The molecule has 1 aromatic heterocycles. The summed E-state index contributed by atoms with van der Waals surface area (Å²) in [6.45, 7) is 1.95. The van der Waals surface area contributed by atoms with Crippen LogP contribution >= 0.6 is 0 Å². The van der Waals surface area contributed by atoms with Crippen LogP contribution in [0.25, 0.3) is 0 Å². The number of nitrogens with zero attached hydrogens (tertiary/aromatic N) is 2. The SMILES string of the molecule is COCCN(Cc1ccccn1)C(=O)CCN.